The van der Waals surface area contributed by atoms with E-state index in [1.54, 1.807) is 0 Å². The fourth-order valence-electron chi connectivity index (χ4n) is 1.87. The van der Waals surface area contributed by atoms with Crippen molar-refractivity contribution in [1.29, 1.82) is 0 Å². The van der Waals surface area contributed by atoms with Crippen molar-refractivity contribution < 1.29 is 4.39 Å². The molecule has 0 bridgehead atoms. The average Bonchev–Trinajstić information content (AvgIpc) is 2.39. The number of benzene rings is 2. The van der Waals surface area contributed by atoms with Gasteiger partial charge in [-0.25, -0.2) is 4.39 Å². The molecule has 0 radical (unpaired) electrons. The first-order valence-corrected chi connectivity index (χ1v) is 5.61. The van der Waals surface area contributed by atoms with Crippen LogP contribution in [0.5, 0.6) is 0 Å². The molecule has 1 atom stereocenters. The van der Waals surface area contributed by atoms with Crippen LogP contribution in [0.4, 0.5) is 4.39 Å². The van der Waals surface area contributed by atoms with Gasteiger partial charge in [-0.2, -0.15) is 0 Å². The molecule has 1 unspecified atom stereocenters. The maximum atomic E-state index is 13.8. The molecule has 2 aromatic carbocycles. The Morgan fingerprint density at radius 1 is 0.938 bits per heavy atom. The van der Waals surface area contributed by atoms with Crippen LogP contribution in [-0.4, -0.2) is 0 Å². The molecular formula is C15H15F. The van der Waals surface area contributed by atoms with Crippen molar-refractivity contribution >= 4 is 0 Å². The molecule has 0 heterocycles. The van der Waals surface area contributed by atoms with Gasteiger partial charge in [-0.1, -0.05) is 61.5 Å². The Morgan fingerprint density at radius 3 is 2.25 bits per heavy atom. The normalized spacial score (nSPS) is 12.4. The Bertz CT molecular complexity index is 448. The molecule has 16 heavy (non-hydrogen) atoms. The maximum Gasteiger partial charge on any atom is 0.125 e. The second-order valence-corrected chi connectivity index (χ2v) is 3.83. The number of hydrogen-bond acceptors (Lipinski definition) is 0. The second-order valence-electron chi connectivity index (χ2n) is 3.83. The van der Waals surface area contributed by atoms with Crippen LogP contribution in [0.25, 0.3) is 11.1 Å². The van der Waals surface area contributed by atoms with Crippen molar-refractivity contribution in [3.8, 4) is 11.1 Å². The van der Waals surface area contributed by atoms with Crippen LogP contribution in [0, 0.1) is 0 Å². The Balaban J connectivity index is 2.49. The standard InChI is InChI=1S/C15H15F/c1-2-15(16)14-11-7-6-10-13(14)12-8-4-3-5-9-12/h3-11,15H,2H2,1H3. The summed E-state index contributed by atoms with van der Waals surface area (Å²) in [5.41, 5.74) is 2.86. The highest BCUT2D eigenvalue weighted by Gasteiger charge is 2.12. The van der Waals surface area contributed by atoms with E-state index in [0.717, 1.165) is 16.7 Å². The monoisotopic (exact) mass is 214 g/mol. The summed E-state index contributed by atoms with van der Waals surface area (Å²) in [6.45, 7) is 1.87. The van der Waals surface area contributed by atoms with E-state index >= 15 is 0 Å². The van der Waals surface area contributed by atoms with Gasteiger partial charge in [-0.15, -0.1) is 0 Å². The fourth-order valence-corrected chi connectivity index (χ4v) is 1.87. The van der Waals surface area contributed by atoms with E-state index in [9.17, 15) is 4.39 Å². The molecule has 0 amide bonds. The minimum Gasteiger partial charge on any atom is -0.242 e. The molecular weight excluding hydrogens is 199 g/mol. The number of alkyl halides is 1. The van der Waals surface area contributed by atoms with Gasteiger partial charge in [0.25, 0.3) is 0 Å². The predicted molar refractivity (Wildman–Crippen MR) is 66.0 cm³/mol. The third-order valence-corrected chi connectivity index (χ3v) is 2.74. The summed E-state index contributed by atoms with van der Waals surface area (Å²) in [5, 5.41) is 0. The zero-order chi connectivity index (χ0) is 11.4. The van der Waals surface area contributed by atoms with E-state index in [1.165, 1.54) is 0 Å². The third kappa shape index (κ3) is 2.13. The van der Waals surface area contributed by atoms with Crippen molar-refractivity contribution in [2.75, 3.05) is 0 Å². The highest BCUT2D eigenvalue weighted by Crippen LogP contribution is 2.31. The van der Waals surface area contributed by atoms with Gasteiger partial charge >= 0.3 is 0 Å². The van der Waals surface area contributed by atoms with E-state index in [4.69, 9.17) is 0 Å². The summed E-state index contributed by atoms with van der Waals surface area (Å²) in [5.74, 6) is 0. The van der Waals surface area contributed by atoms with E-state index in [0.29, 0.717) is 6.42 Å². The van der Waals surface area contributed by atoms with Gasteiger partial charge in [0.1, 0.15) is 6.17 Å². The summed E-state index contributed by atoms with van der Waals surface area (Å²) in [7, 11) is 0. The number of rotatable bonds is 3. The topological polar surface area (TPSA) is 0 Å². The summed E-state index contributed by atoms with van der Waals surface area (Å²) < 4.78 is 13.8. The van der Waals surface area contributed by atoms with Crippen molar-refractivity contribution in [2.24, 2.45) is 0 Å². The van der Waals surface area contributed by atoms with Crippen LogP contribution in [0.2, 0.25) is 0 Å². The maximum absolute atomic E-state index is 13.8. The Kier molecular flexibility index (Phi) is 3.35. The summed E-state index contributed by atoms with van der Waals surface area (Å²) >= 11 is 0. The van der Waals surface area contributed by atoms with Crippen molar-refractivity contribution in [3.63, 3.8) is 0 Å². The van der Waals surface area contributed by atoms with Gasteiger partial charge in [-0.05, 0) is 23.1 Å². The predicted octanol–water partition coefficient (Wildman–Crippen LogP) is 4.77. The molecule has 0 saturated carbocycles. The van der Waals surface area contributed by atoms with Gasteiger partial charge in [0.15, 0.2) is 0 Å². The van der Waals surface area contributed by atoms with E-state index in [-0.39, 0.29) is 0 Å². The minimum absolute atomic E-state index is 0.518. The average molecular weight is 214 g/mol. The Hall–Kier alpha value is -1.63. The van der Waals surface area contributed by atoms with E-state index in [2.05, 4.69) is 0 Å². The molecule has 0 aliphatic carbocycles. The lowest BCUT2D eigenvalue weighted by Gasteiger charge is -2.12. The lowest BCUT2D eigenvalue weighted by Crippen LogP contribution is -1.93. The zero-order valence-electron chi connectivity index (χ0n) is 9.36. The van der Waals surface area contributed by atoms with Crippen LogP contribution < -0.4 is 0 Å². The largest absolute Gasteiger partial charge is 0.242 e. The molecule has 0 fully saturated rings. The Labute approximate surface area is 95.7 Å². The summed E-state index contributed by atoms with van der Waals surface area (Å²) in [6, 6.07) is 17.7. The quantitative estimate of drug-likeness (QED) is 0.690. The van der Waals surface area contributed by atoms with E-state index < -0.39 is 6.17 Å². The first-order valence-electron chi connectivity index (χ1n) is 5.61. The van der Waals surface area contributed by atoms with Gasteiger partial charge in [0, 0.05) is 0 Å². The summed E-state index contributed by atoms with van der Waals surface area (Å²) in [4.78, 5) is 0. The van der Waals surface area contributed by atoms with Gasteiger partial charge in [0.2, 0.25) is 0 Å². The van der Waals surface area contributed by atoms with E-state index in [1.807, 2.05) is 61.5 Å². The second kappa shape index (κ2) is 4.93. The van der Waals surface area contributed by atoms with Crippen molar-refractivity contribution in [3.05, 3.63) is 60.2 Å². The van der Waals surface area contributed by atoms with Crippen LogP contribution in [-0.2, 0) is 0 Å². The third-order valence-electron chi connectivity index (χ3n) is 2.74. The molecule has 0 spiro atoms. The minimum atomic E-state index is -0.878. The van der Waals surface area contributed by atoms with Crippen LogP contribution in [0.3, 0.4) is 0 Å². The molecule has 0 aliphatic rings. The number of hydrogen-bond donors (Lipinski definition) is 0. The molecule has 0 saturated heterocycles. The molecule has 1 heteroatoms. The highest BCUT2D eigenvalue weighted by molar-refractivity contribution is 5.67. The van der Waals surface area contributed by atoms with Crippen molar-refractivity contribution in [2.45, 2.75) is 19.5 Å². The molecule has 2 rings (SSSR count). The lowest BCUT2D eigenvalue weighted by molar-refractivity contribution is 0.335. The molecule has 0 nitrogen and oxygen atoms in total. The van der Waals surface area contributed by atoms with Crippen LogP contribution in [0.15, 0.2) is 54.6 Å². The van der Waals surface area contributed by atoms with Crippen molar-refractivity contribution in [1.82, 2.24) is 0 Å². The molecule has 82 valence electrons. The van der Waals surface area contributed by atoms with Gasteiger partial charge in [-0.3, -0.25) is 0 Å². The highest BCUT2D eigenvalue weighted by atomic mass is 19.1. The molecule has 0 aliphatic heterocycles. The molecule has 0 N–H and O–H groups in total. The summed E-state index contributed by atoms with van der Waals surface area (Å²) in [6.07, 6.45) is -0.361. The van der Waals surface area contributed by atoms with Gasteiger partial charge in [0.05, 0.1) is 0 Å². The first-order chi connectivity index (χ1) is 7.83. The fraction of sp³-hybridized carbons (Fsp3) is 0.200. The first kappa shape index (κ1) is 10.9. The molecule has 2 aromatic rings. The van der Waals surface area contributed by atoms with Gasteiger partial charge < -0.3 is 0 Å². The molecule has 0 aromatic heterocycles. The smallest absolute Gasteiger partial charge is 0.125 e. The lowest BCUT2D eigenvalue weighted by atomic mass is 9.96. The van der Waals surface area contributed by atoms with Crippen LogP contribution >= 0.6 is 0 Å². The Morgan fingerprint density at radius 2 is 1.56 bits per heavy atom. The van der Waals surface area contributed by atoms with Crippen LogP contribution in [0.1, 0.15) is 25.1 Å². The number of halogens is 1. The SMILES string of the molecule is CCC(F)c1ccccc1-c1ccccc1. The zero-order valence-corrected chi connectivity index (χ0v) is 9.36.